The van der Waals surface area contributed by atoms with Crippen molar-refractivity contribution in [1.29, 1.82) is 0 Å². The monoisotopic (exact) mass is 263 g/mol. The minimum atomic E-state index is 0.0733. The van der Waals surface area contributed by atoms with E-state index in [-0.39, 0.29) is 5.91 Å². The van der Waals surface area contributed by atoms with E-state index in [2.05, 4.69) is 6.92 Å². The fraction of sp³-hybridized carbons (Fsp3) is 0.533. The molecule has 2 N–H and O–H groups in total. The molecule has 1 rings (SSSR count). The van der Waals surface area contributed by atoms with Gasteiger partial charge in [-0.3, -0.25) is 4.79 Å². The van der Waals surface area contributed by atoms with Crippen molar-refractivity contribution in [3.05, 3.63) is 29.8 Å². The summed E-state index contributed by atoms with van der Waals surface area (Å²) < 4.78 is 0. The molecule has 0 saturated heterocycles. The van der Waals surface area contributed by atoms with Crippen LogP contribution in [0.4, 0.5) is 5.69 Å². The Labute approximate surface area is 116 Å². The SMILES string of the molecule is CCCCN(CCN)C(=O)c1ccc(N(C)C)cc1. The number of nitrogens with zero attached hydrogens (tertiary/aromatic N) is 2. The molecule has 19 heavy (non-hydrogen) atoms. The van der Waals surface area contributed by atoms with Gasteiger partial charge < -0.3 is 15.5 Å². The molecule has 0 aromatic heterocycles. The summed E-state index contributed by atoms with van der Waals surface area (Å²) in [5.74, 6) is 0.0733. The number of benzene rings is 1. The van der Waals surface area contributed by atoms with E-state index >= 15 is 0 Å². The molecule has 1 aromatic rings. The lowest BCUT2D eigenvalue weighted by Crippen LogP contribution is -2.36. The minimum absolute atomic E-state index is 0.0733. The van der Waals surface area contributed by atoms with Crippen LogP contribution in [0.25, 0.3) is 0 Å². The Morgan fingerprint density at radius 2 is 1.79 bits per heavy atom. The maximum Gasteiger partial charge on any atom is 0.253 e. The summed E-state index contributed by atoms with van der Waals surface area (Å²) in [7, 11) is 3.97. The van der Waals surface area contributed by atoms with Gasteiger partial charge in [-0.15, -0.1) is 0 Å². The van der Waals surface area contributed by atoms with Crippen molar-refractivity contribution in [2.24, 2.45) is 5.73 Å². The van der Waals surface area contributed by atoms with Gasteiger partial charge in [-0.05, 0) is 30.7 Å². The third-order valence-electron chi connectivity index (χ3n) is 3.10. The summed E-state index contributed by atoms with van der Waals surface area (Å²) in [6.07, 6.45) is 2.09. The Hall–Kier alpha value is -1.55. The van der Waals surface area contributed by atoms with Crippen LogP contribution in [0.15, 0.2) is 24.3 Å². The van der Waals surface area contributed by atoms with E-state index in [4.69, 9.17) is 5.73 Å². The largest absolute Gasteiger partial charge is 0.378 e. The second-order valence-electron chi connectivity index (χ2n) is 4.88. The van der Waals surface area contributed by atoms with Crippen LogP contribution < -0.4 is 10.6 Å². The lowest BCUT2D eigenvalue weighted by Gasteiger charge is -2.22. The lowest BCUT2D eigenvalue weighted by molar-refractivity contribution is 0.0758. The molecule has 0 heterocycles. The first-order chi connectivity index (χ1) is 9.10. The molecule has 0 unspecified atom stereocenters. The minimum Gasteiger partial charge on any atom is -0.378 e. The number of hydrogen-bond acceptors (Lipinski definition) is 3. The third kappa shape index (κ3) is 4.56. The maximum atomic E-state index is 12.4. The van der Waals surface area contributed by atoms with Crippen molar-refractivity contribution >= 4 is 11.6 Å². The van der Waals surface area contributed by atoms with E-state index in [0.717, 1.165) is 30.6 Å². The molecule has 0 spiro atoms. The van der Waals surface area contributed by atoms with E-state index in [9.17, 15) is 4.79 Å². The number of nitrogens with two attached hydrogens (primary N) is 1. The van der Waals surface area contributed by atoms with Crippen LogP contribution in [0, 0.1) is 0 Å². The molecule has 0 aliphatic carbocycles. The van der Waals surface area contributed by atoms with E-state index in [1.54, 1.807) is 0 Å². The normalized spacial score (nSPS) is 10.3. The Bertz CT molecular complexity index is 387. The smallest absolute Gasteiger partial charge is 0.253 e. The molecule has 0 aliphatic heterocycles. The highest BCUT2D eigenvalue weighted by molar-refractivity contribution is 5.94. The van der Waals surface area contributed by atoms with E-state index in [1.165, 1.54) is 0 Å². The van der Waals surface area contributed by atoms with Gasteiger partial charge in [-0.1, -0.05) is 13.3 Å². The van der Waals surface area contributed by atoms with Gasteiger partial charge in [-0.2, -0.15) is 0 Å². The summed E-state index contributed by atoms with van der Waals surface area (Å²) in [6, 6.07) is 7.70. The molecule has 0 fully saturated rings. The second kappa shape index (κ2) is 7.79. The van der Waals surface area contributed by atoms with Gasteiger partial charge in [0.15, 0.2) is 0 Å². The van der Waals surface area contributed by atoms with Crippen molar-refractivity contribution in [2.45, 2.75) is 19.8 Å². The molecule has 4 nitrogen and oxygen atoms in total. The van der Waals surface area contributed by atoms with Crippen LogP contribution >= 0.6 is 0 Å². The average Bonchev–Trinajstić information content (AvgIpc) is 2.42. The van der Waals surface area contributed by atoms with Crippen LogP contribution in [0.1, 0.15) is 30.1 Å². The van der Waals surface area contributed by atoms with Crippen LogP contribution in [-0.4, -0.2) is 44.5 Å². The van der Waals surface area contributed by atoms with Crippen molar-refractivity contribution in [2.75, 3.05) is 38.6 Å². The highest BCUT2D eigenvalue weighted by Crippen LogP contribution is 2.14. The molecular formula is C15H25N3O. The van der Waals surface area contributed by atoms with Crippen LogP contribution in [0.5, 0.6) is 0 Å². The highest BCUT2D eigenvalue weighted by atomic mass is 16.2. The van der Waals surface area contributed by atoms with Crippen LogP contribution in [0.2, 0.25) is 0 Å². The number of carbonyl (C=O) groups is 1. The van der Waals surface area contributed by atoms with Gasteiger partial charge in [-0.25, -0.2) is 0 Å². The molecule has 4 heteroatoms. The van der Waals surface area contributed by atoms with Crippen molar-refractivity contribution in [3.63, 3.8) is 0 Å². The van der Waals surface area contributed by atoms with Gasteiger partial charge in [0.2, 0.25) is 0 Å². The summed E-state index contributed by atoms with van der Waals surface area (Å²) in [6.45, 7) is 4.03. The molecule has 1 aromatic carbocycles. The van der Waals surface area contributed by atoms with Gasteiger partial charge >= 0.3 is 0 Å². The second-order valence-corrected chi connectivity index (χ2v) is 4.88. The Morgan fingerprint density at radius 1 is 1.16 bits per heavy atom. The van der Waals surface area contributed by atoms with E-state index < -0.39 is 0 Å². The van der Waals surface area contributed by atoms with E-state index in [0.29, 0.717) is 13.1 Å². The summed E-state index contributed by atoms with van der Waals surface area (Å²) >= 11 is 0. The Kier molecular flexibility index (Phi) is 6.36. The molecule has 1 amide bonds. The molecule has 0 atom stereocenters. The number of carbonyl (C=O) groups excluding carboxylic acids is 1. The highest BCUT2D eigenvalue weighted by Gasteiger charge is 2.14. The zero-order chi connectivity index (χ0) is 14.3. The van der Waals surface area contributed by atoms with Crippen LogP contribution in [0.3, 0.4) is 0 Å². The number of rotatable bonds is 7. The predicted octanol–water partition coefficient (Wildman–Crippen LogP) is 1.95. The summed E-state index contributed by atoms with van der Waals surface area (Å²) in [5, 5.41) is 0. The maximum absolute atomic E-state index is 12.4. The van der Waals surface area contributed by atoms with E-state index in [1.807, 2.05) is 48.2 Å². The molecule has 106 valence electrons. The van der Waals surface area contributed by atoms with Gasteiger partial charge in [0, 0.05) is 45.0 Å². The predicted molar refractivity (Wildman–Crippen MR) is 80.6 cm³/mol. The van der Waals surface area contributed by atoms with Gasteiger partial charge in [0.1, 0.15) is 0 Å². The Morgan fingerprint density at radius 3 is 2.26 bits per heavy atom. The standard InChI is InChI=1S/C15H25N3O/c1-4-5-11-18(12-10-16)15(19)13-6-8-14(9-7-13)17(2)3/h6-9H,4-5,10-12,16H2,1-3H3. The average molecular weight is 263 g/mol. The molecule has 0 bridgehead atoms. The topological polar surface area (TPSA) is 49.6 Å². The summed E-state index contributed by atoms with van der Waals surface area (Å²) in [4.78, 5) is 16.2. The lowest BCUT2D eigenvalue weighted by atomic mass is 10.1. The first-order valence-electron chi connectivity index (χ1n) is 6.86. The third-order valence-corrected chi connectivity index (χ3v) is 3.10. The fourth-order valence-electron chi connectivity index (χ4n) is 1.90. The summed E-state index contributed by atoms with van der Waals surface area (Å²) in [5.41, 5.74) is 7.40. The molecule has 0 aliphatic rings. The first-order valence-corrected chi connectivity index (χ1v) is 6.86. The van der Waals surface area contributed by atoms with Crippen molar-refractivity contribution in [3.8, 4) is 0 Å². The van der Waals surface area contributed by atoms with Crippen molar-refractivity contribution < 1.29 is 4.79 Å². The number of anilines is 1. The zero-order valence-electron chi connectivity index (χ0n) is 12.2. The number of unbranched alkanes of at least 4 members (excludes halogenated alkanes) is 1. The fourth-order valence-corrected chi connectivity index (χ4v) is 1.90. The van der Waals surface area contributed by atoms with Crippen molar-refractivity contribution in [1.82, 2.24) is 4.90 Å². The molecule has 0 saturated carbocycles. The Balaban J connectivity index is 2.77. The first kappa shape index (κ1) is 15.5. The number of amides is 1. The quantitative estimate of drug-likeness (QED) is 0.818. The zero-order valence-corrected chi connectivity index (χ0v) is 12.2. The molecular weight excluding hydrogens is 238 g/mol. The number of hydrogen-bond donors (Lipinski definition) is 1. The molecule has 0 radical (unpaired) electrons. The van der Waals surface area contributed by atoms with Crippen LogP contribution in [-0.2, 0) is 0 Å². The van der Waals surface area contributed by atoms with Gasteiger partial charge in [0.25, 0.3) is 5.91 Å². The van der Waals surface area contributed by atoms with Gasteiger partial charge in [0.05, 0.1) is 0 Å².